The Hall–Kier alpha value is -1.14. The Balaban J connectivity index is 1.59. The smallest absolute Gasteiger partial charge is 0.410 e. The predicted molar refractivity (Wildman–Crippen MR) is 86.9 cm³/mol. The van der Waals surface area contributed by atoms with Crippen LogP contribution in [0.15, 0.2) is 11.7 Å². The first-order chi connectivity index (χ1) is 10.4. The summed E-state index contributed by atoms with van der Waals surface area (Å²) in [5.74, 6) is 0.639. The number of amides is 1. The van der Waals surface area contributed by atoms with Crippen LogP contribution < -0.4 is 0 Å². The van der Waals surface area contributed by atoms with Crippen molar-refractivity contribution < 1.29 is 14.3 Å². The molecule has 124 valence electrons. The van der Waals surface area contributed by atoms with Crippen LogP contribution in [0.4, 0.5) is 4.79 Å². The average Bonchev–Trinajstić information content (AvgIpc) is 2.95. The Morgan fingerprint density at radius 2 is 2.14 bits per heavy atom. The molecule has 22 heavy (non-hydrogen) atoms. The van der Waals surface area contributed by atoms with E-state index in [0.717, 1.165) is 39.0 Å². The largest absolute Gasteiger partial charge is 0.444 e. The van der Waals surface area contributed by atoms with Gasteiger partial charge in [-0.3, -0.25) is 4.98 Å². The molecule has 1 amide bonds. The lowest BCUT2D eigenvalue weighted by molar-refractivity contribution is 0.0165. The van der Waals surface area contributed by atoms with Crippen LogP contribution in [0.25, 0.3) is 0 Å². The number of likely N-dealkylation sites (tertiary alicyclic amines) is 1. The molecule has 2 heterocycles. The average molecular weight is 326 g/mol. The summed E-state index contributed by atoms with van der Waals surface area (Å²) in [7, 11) is 0. The van der Waals surface area contributed by atoms with E-state index in [1.807, 2.05) is 37.4 Å². The quantitative estimate of drug-likeness (QED) is 0.774. The van der Waals surface area contributed by atoms with Crippen LogP contribution in [0.5, 0.6) is 0 Å². The third kappa shape index (κ3) is 5.93. The van der Waals surface area contributed by atoms with Crippen molar-refractivity contribution in [2.45, 2.75) is 52.2 Å². The first-order valence-corrected chi connectivity index (χ1v) is 8.75. The minimum atomic E-state index is -0.418. The van der Waals surface area contributed by atoms with Gasteiger partial charge in [0.25, 0.3) is 0 Å². The zero-order valence-corrected chi connectivity index (χ0v) is 14.5. The van der Waals surface area contributed by atoms with Crippen molar-refractivity contribution in [1.29, 1.82) is 0 Å². The lowest BCUT2D eigenvalue weighted by Crippen LogP contribution is -2.41. The molecular formula is C16H26N2O3S. The minimum absolute atomic E-state index is 0.188. The number of thiazole rings is 1. The molecule has 0 bridgehead atoms. The Morgan fingerprint density at radius 1 is 1.41 bits per heavy atom. The summed E-state index contributed by atoms with van der Waals surface area (Å²) in [5.41, 5.74) is 1.41. The molecule has 1 saturated heterocycles. The highest BCUT2D eigenvalue weighted by atomic mass is 32.1. The number of hydrogen-bond acceptors (Lipinski definition) is 5. The van der Waals surface area contributed by atoms with Gasteiger partial charge in [0.1, 0.15) is 5.60 Å². The van der Waals surface area contributed by atoms with Gasteiger partial charge in [-0.05, 0) is 46.0 Å². The maximum absolute atomic E-state index is 12.0. The first kappa shape index (κ1) is 17.2. The standard InChI is InChI=1S/C16H26N2O3S/c1-16(2,3)21-15(19)18-7-4-13(5-8-18)6-9-20-11-14-10-17-12-22-14/h10,12-13H,4-9,11H2,1-3H3. The number of nitrogens with zero attached hydrogens (tertiary/aromatic N) is 2. The molecule has 0 aliphatic carbocycles. The van der Waals surface area contributed by atoms with E-state index in [1.54, 1.807) is 11.3 Å². The van der Waals surface area contributed by atoms with Gasteiger partial charge in [-0.15, -0.1) is 11.3 Å². The van der Waals surface area contributed by atoms with Crippen LogP contribution in [0.3, 0.4) is 0 Å². The summed E-state index contributed by atoms with van der Waals surface area (Å²) in [6.45, 7) is 8.70. The third-order valence-electron chi connectivity index (χ3n) is 3.66. The fourth-order valence-electron chi connectivity index (χ4n) is 2.47. The number of piperidine rings is 1. The zero-order chi connectivity index (χ0) is 16.0. The van der Waals surface area contributed by atoms with Crippen molar-refractivity contribution in [2.75, 3.05) is 19.7 Å². The maximum atomic E-state index is 12.0. The normalized spacial score (nSPS) is 16.8. The third-order valence-corrected chi connectivity index (χ3v) is 4.42. The van der Waals surface area contributed by atoms with Gasteiger partial charge in [0.2, 0.25) is 0 Å². The minimum Gasteiger partial charge on any atom is -0.444 e. The summed E-state index contributed by atoms with van der Waals surface area (Å²) in [6.07, 6.45) is 4.78. The highest BCUT2D eigenvalue weighted by molar-refractivity contribution is 7.09. The number of aromatic nitrogens is 1. The van der Waals surface area contributed by atoms with E-state index in [9.17, 15) is 4.79 Å². The van der Waals surface area contributed by atoms with E-state index in [4.69, 9.17) is 9.47 Å². The Kier molecular flexibility index (Phi) is 6.20. The molecule has 1 aromatic heterocycles. The fraction of sp³-hybridized carbons (Fsp3) is 0.750. The van der Waals surface area contributed by atoms with Crippen LogP contribution >= 0.6 is 11.3 Å². The molecule has 1 aliphatic heterocycles. The van der Waals surface area contributed by atoms with Gasteiger partial charge in [-0.1, -0.05) is 0 Å². The lowest BCUT2D eigenvalue weighted by Gasteiger charge is -2.33. The molecule has 6 heteroatoms. The zero-order valence-electron chi connectivity index (χ0n) is 13.7. The number of carbonyl (C=O) groups is 1. The van der Waals surface area contributed by atoms with Gasteiger partial charge in [0.05, 0.1) is 17.0 Å². The van der Waals surface area contributed by atoms with Gasteiger partial charge >= 0.3 is 6.09 Å². The number of hydrogen-bond donors (Lipinski definition) is 0. The SMILES string of the molecule is CC(C)(C)OC(=O)N1CCC(CCOCc2cncs2)CC1. The highest BCUT2D eigenvalue weighted by Crippen LogP contribution is 2.22. The Labute approximate surface area is 136 Å². The topological polar surface area (TPSA) is 51.7 Å². The summed E-state index contributed by atoms with van der Waals surface area (Å²) in [4.78, 5) is 19.0. The first-order valence-electron chi connectivity index (χ1n) is 7.87. The lowest BCUT2D eigenvalue weighted by atomic mass is 9.94. The molecule has 5 nitrogen and oxygen atoms in total. The second kappa shape index (κ2) is 7.92. The van der Waals surface area contributed by atoms with E-state index >= 15 is 0 Å². The van der Waals surface area contributed by atoms with Gasteiger partial charge in [-0.2, -0.15) is 0 Å². The van der Waals surface area contributed by atoms with Crippen LogP contribution in [0.1, 0.15) is 44.9 Å². The number of rotatable bonds is 5. The summed E-state index contributed by atoms with van der Waals surface area (Å²) >= 11 is 1.62. The number of carbonyl (C=O) groups excluding carboxylic acids is 1. The van der Waals surface area contributed by atoms with Crippen LogP contribution in [0.2, 0.25) is 0 Å². The van der Waals surface area contributed by atoms with E-state index in [0.29, 0.717) is 12.5 Å². The van der Waals surface area contributed by atoms with Crippen LogP contribution in [0, 0.1) is 5.92 Å². The van der Waals surface area contributed by atoms with E-state index in [2.05, 4.69) is 4.98 Å². The van der Waals surface area contributed by atoms with Crippen molar-refractivity contribution in [3.8, 4) is 0 Å². The molecule has 0 spiro atoms. The van der Waals surface area contributed by atoms with Gasteiger partial charge in [-0.25, -0.2) is 4.79 Å². The van der Waals surface area contributed by atoms with Gasteiger partial charge < -0.3 is 14.4 Å². The molecule has 1 aliphatic rings. The monoisotopic (exact) mass is 326 g/mol. The fourth-order valence-corrected chi connectivity index (χ4v) is 3.00. The molecule has 0 saturated carbocycles. The Morgan fingerprint density at radius 3 is 2.73 bits per heavy atom. The highest BCUT2D eigenvalue weighted by Gasteiger charge is 2.26. The van der Waals surface area contributed by atoms with Crippen LogP contribution in [-0.2, 0) is 16.1 Å². The maximum Gasteiger partial charge on any atom is 0.410 e. The van der Waals surface area contributed by atoms with Crippen molar-refractivity contribution in [1.82, 2.24) is 9.88 Å². The molecule has 0 radical (unpaired) electrons. The molecular weight excluding hydrogens is 300 g/mol. The molecule has 1 fully saturated rings. The summed E-state index contributed by atoms with van der Waals surface area (Å²) in [5, 5.41) is 0. The summed E-state index contributed by atoms with van der Waals surface area (Å²) < 4.78 is 11.1. The molecule has 2 rings (SSSR count). The second-order valence-electron chi connectivity index (χ2n) is 6.72. The molecule has 0 unspecified atom stereocenters. The van der Waals surface area contributed by atoms with E-state index < -0.39 is 5.60 Å². The summed E-state index contributed by atoms with van der Waals surface area (Å²) in [6, 6.07) is 0. The molecule has 0 aromatic carbocycles. The molecule has 0 atom stereocenters. The molecule has 0 N–H and O–H groups in total. The number of ether oxygens (including phenoxy) is 2. The van der Waals surface area contributed by atoms with Crippen molar-refractivity contribution >= 4 is 17.4 Å². The van der Waals surface area contributed by atoms with Gasteiger partial charge in [0, 0.05) is 25.9 Å². The molecule has 1 aromatic rings. The van der Waals surface area contributed by atoms with Crippen molar-refractivity contribution in [3.63, 3.8) is 0 Å². The van der Waals surface area contributed by atoms with Crippen LogP contribution in [-0.4, -0.2) is 41.3 Å². The second-order valence-corrected chi connectivity index (χ2v) is 7.69. The Bertz CT molecular complexity index is 448. The van der Waals surface area contributed by atoms with Gasteiger partial charge in [0.15, 0.2) is 0 Å². The van der Waals surface area contributed by atoms with E-state index in [-0.39, 0.29) is 6.09 Å². The predicted octanol–water partition coefficient (Wildman–Crippen LogP) is 3.70. The van der Waals surface area contributed by atoms with Crippen molar-refractivity contribution in [2.24, 2.45) is 5.92 Å². The van der Waals surface area contributed by atoms with E-state index in [1.165, 1.54) is 4.88 Å². The van der Waals surface area contributed by atoms with Crippen molar-refractivity contribution in [3.05, 3.63) is 16.6 Å².